The first-order valence-electron chi connectivity index (χ1n) is 6.04. The van der Waals surface area contributed by atoms with Crippen LogP contribution in [0.5, 0.6) is 0 Å². The fourth-order valence-corrected chi connectivity index (χ4v) is 1.69. The van der Waals surface area contributed by atoms with E-state index < -0.39 is 5.97 Å². The number of nitrogens with two attached hydrogens (primary N) is 1. The van der Waals surface area contributed by atoms with Crippen LogP contribution in [0.25, 0.3) is 10.9 Å². The second-order valence-electron chi connectivity index (χ2n) is 4.10. The van der Waals surface area contributed by atoms with Gasteiger partial charge in [-0.05, 0) is 18.6 Å². The van der Waals surface area contributed by atoms with Crippen molar-refractivity contribution < 1.29 is 9.53 Å². The van der Waals surface area contributed by atoms with Crippen molar-refractivity contribution in [3.8, 4) is 0 Å². The average molecular weight is 244 g/mol. The van der Waals surface area contributed by atoms with Gasteiger partial charge in [0.2, 0.25) is 0 Å². The monoisotopic (exact) mass is 244 g/mol. The topological polar surface area (TPSA) is 65.2 Å². The van der Waals surface area contributed by atoms with Gasteiger partial charge in [0.15, 0.2) is 5.69 Å². The summed E-state index contributed by atoms with van der Waals surface area (Å²) in [5.74, 6) is -0.416. The van der Waals surface area contributed by atoms with Gasteiger partial charge in [0.1, 0.15) is 0 Å². The van der Waals surface area contributed by atoms with Gasteiger partial charge in [0.25, 0.3) is 0 Å². The predicted molar refractivity (Wildman–Crippen MR) is 71.3 cm³/mol. The van der Waals surface area contributed by atoms with E-state index in [0.717, 1.165) is 18.2 Å². The lowest BCUT2D eigenvalue weighted by Crippen LogP contribution is -2.09. The molecule has 0 radical (unpaired) electrons. The number of para-hydroxylation sites is 1. The molecule has 0 unspecified atom stereocenters. The molecule has 0 aliphatic heterocycles. The molecule has 0 spiro atoms. The van der Waals surface area contributed by atoms with Crippen LogP contribution in [0.1, 0.15) is 30.3 Å². The lowest BCUT2D eigenvalue weighted by molar-refractivity contribution is 0.0493. The fraction of sp³-hybridized carbons (Fsp3) is 0.286. The number of pyridine rings is 1. The first kappa shape index (κ1) is 12.4. The van der Waals surface area contributed by atoms with Crippen LogP contribution in [-0.2, 0) is 4.74 Å². The van der Waals surface area contributed by atoms with E-state index in [1.165, 1.54) is 0 Å². The smallest absolute Gasteiger partial charge is 0.357 e. The Bertz CT molecular complexity index is 567. The van der Waals surface area contributed by atoms with Gasteiger partial charge in [-0.15, -0.1) is 0 Å². The van der Waals surface area contributed by atoms with Crippen LogP contribution >= 0.6 is 0 Å². The summed E-state index contributed by atoms with van der Waals surface area (Å²) in [6, 6.07) is 9.02. The molecule has 0 fully saturated rings. The number of esters is 1. The highest BCUT2D eigenvalue weighted by Crippen LogP contribution is 2.20. The first-order valence-corrected chi connectivity index (χ1v) is 6.04. The van der Waals surface area contributed by atoms with Crippen molar-refractivity contribution in [1.29, 1.82) is 0 Å². The number of hydrogen-bond donors (Lipinski definition) is 1. The Morgan fingerprint density at radius 1 is 1.39 bits per heavy atom. The van der Waals surface area contributed by atoms with Crippen LogP contribution in [0, 0.1) is 0 Å². The fourth-order valence-electron chi connectivity index (χ4n) is 1.69. The second-order valence-corrected chi connectivity index (χ2v) is 4.10. The molecule has 2 aromatic rings. The molecule has 4 nitrogen and oxygen atoms in total. The maximum atomic E-state index is 11.8. The van der Waals surface area contributed by atoms with Crippen molar-refractivity contribution in [3.63, 3.8) is 0 Å². The zero-order valence-corrected chi connectivity index (χ0v) is 10.3. The number of benzene rings is 1. The van der Waals surface area contributed by atoms with E-state index in [9.17, 15) is 4.79 Å². The van der Waals surface area contributed by atoms with Crippen LogP contribution in [0.3, 0.4) is 0 Å². The van der Waals surface area contributed by atoms with Crippen molar-refractivity contribution in [2.75, 3.05) is 12.3 Å². The Balaban J connectivity index is 2.26. The zero-order valence-electron chi connectivity index (χ0n) is 10.3. The average Bonchev–Trinajstić information content (AvgIpc) is 2.39. The Kier molecular flexibility index (Phi) is 3.77. The zero-order chi connectivity index (χ0) is 13.0. The largest absolute Gasteiger partial charge is 0.461 e. The van der Waals surface area contributed by atoms with Gasteiger partial charge in [-0.1, -0.05) is 31.5 Å². The SMILES string of the molecule is CCCCOC(=O)c1cc(N)c2ccccc2n1. The minimum absolute atomic E-state index is 0.266. The van der Waals surface area contributed by atoms with Crippen molar-refractivity contribution in [3.05, 3.63) is 36.0 Å². The number of carbonyl (C=O) groups is 1. The molecule has 1 aromatic heterocycles. The Hall–Kier alpha value is -2.10. The van der Waals surface area contributed by atoms with Crippen LogP contribution in [0.15, 0.2) is 30.3 Å². The lowest BCUT2D eigenvalue weighted by atomic mass is 10.1. The summed E-state index contributed by atoms with van der Waals surface area (Å²) in [5.41, 5.74) is 7.42. The third-order valence-corrected chi connectivity index (χ3v) is 2.69. The van der Waals surface area contributed by atoms with Gasteiger partial charge in [-0.2, -0.15) is 0 Å². The van der Waals surface area contributed by atoms with E-state index in [1.54, 1.807) is 6.07 Å². The Morgan fingerprint density at radius 2 is 2.17 bits per heavy atom. The van der Waals surface area contributed by atoms with E-state index in [2.05, 4.69) is 4.98 Å². The van der Waals surface area contributed by atoms with Gasteiger partial charge in [0.05, 0.1) is 12.1 Å². The maximum Gasteiger partial charge on any atom is 0.357 e. The van der Waals surface area contributed by atoms with Crippen LogP contribution in [0.2, 0.25) is 0 Å². The number of aromatic nitrogens is 1. The van der Waals surface area contributed by atoms with Crippen molar-refractivity contribution >= 4 is 22.6 Å². The molecular formula is C14H16N2O2. The number of nitrogen functional groups attached to an aromatic ring is 1. The van der Waals surface area contributed by atoms with Crippen LogP contribution in [0.4, 0.5) is 5.69 Å². The first-order chi connectivity index (χ1) is 8.72. The Morgan fingerprint density at radius 3 is 2.94 bits per heavy atom. The summed E-state index contributed by atoms with van der Waals surface area (Å²) in [6.07, 6.45) is 1.84. The molecule has 18 heavy (non-hydrogen) atoms. The van der Waals surface area contributed by atoms with Gasteiger partial charge >= 0.3 is 5.97 Å². The normalized spacial score (nSPS) is 10.5. The van der Waals surface area contributed by atoms with E-state index in [-0.39, 0.29) is 5.69 Å². The molecule has 0 saturated heterocycles. The third kappa shape index (κ3) is 2.59. The summed E-state index contributed by atoms with van der Waals surface area (Å²) < 4.78 is 5.12. The standard InChI is InChI=1S/C14H16N2O2/c1-2-3-8-18-14(17)13-9-11(15)10-6-4-5-7-12(10)16-13/h4-7,9H,2-3,8H2,1H3,(H2,15,16). The van der Waals surface area contributed by atoms with Gasteiger partial charge in [-0.25, -0.2) is 9.78 Å². The quantitative estimate of drug-likeness (QED) is 0.663. The van der Waals surface area contributed by atoms with Crippen LogP contribution < -0.4 is 5.73 Å². The molecule has 0 bridgehead atoms. The van der Waals surface area contributed by atoms with Crippen molar-refractivity contribution in [2.24, 2.45) is 0 Å². The predicted octanol–water partition coefficient (Wildman–Crippen LogP) is 2.77. The minimum Gasteiger partial charge on any atom is -0.461 e. The number of ether oxygens (including phenoxy) is 1. The van der Waals surface area contributed by atoms with E-state index >= 15 is 0 Å². The van der Waals surface area contributed by atoms with Crippen molar-refractivity contribution in [1.82, 2.24) is 4.98 Å². The van der Waals surface area contributed by atoms with E-state index in [4.69, 9.17) is 10.5 Å². The maximum absolute atomic E-state index is 11.8. The molecule has 0 aliphatic rings. The molecule has 0 amide bonds. The van der Waals surface area contributed by atoms with Crippen LogP contribution in [-0.4, -0.2) is 17.6 Å². The summed E-state index contributed by atoms with van der Waals surface area (Å²) in [6.45, 7) is 2.46. The van der Waals surface area contributed by atoms with Gasteiger partial charge < -0.3 is 10.5 Å². The summed E-state index contributed by atoms with van der Waals surface area (Å²) in [5, 5.41) is 0.850. The number of carbonyl (C=O) groups excluding carboxylic acids is 1. The number of hydrogen-bond acceptors (Lipinski definition) is 4. The highest BCUT2D eigenvalue weighted by Gasteiger charge is 2.11. The molecule has 2 rings (SSSR count). The summed E-state index contributed by atoms with van der Waals surface area (Å²) in [4.78, 5) is 16.0. The molecule has 1 heterocycles. The van der Waals surface area contributed by atoms with E-state index in [0.29, 0.717) is 17.8 Å². The number of anilines is 1. The molecule has 4 heteroatoms. The molecule has 0 saturated carbocycles. The lowest BCUT2D eigenvalue weighted by Gasteiger charge is -2.06. The highest BCUT2D eigenvalue weighted by molar-refractivity contribution is 5.96. The third-order valence-electron chi connectivity index (χ3n) is 2.69. The highest BCUT2D eigenvalue weighted by atomic mass is 16.5. The van der Waals surface area contributed by atoms with Crippen molar-refractivity contribution in [2.45, 2.75) is 19.8 Å². The molecule has 0 aliphatic carbocycles. The minimum atomic E-state index is -0.416. The summed E-state index contributed by atoms with van der Waals surface area (Å²) >= 11 is 0. The second kappa shape index (κ2) is 5.49. The molecule has 0 atom stereocenters. The van der Waals surface area contributed by atoms with E-state index in [1.807, 2.05) is 31.2 Å². The molecular weight excluding hydrogens is 228 g/mol. The summed E-state index contributed by atoms with van der Waals surface area (Å²) in [7, 11) is 0. The molecule has 94 valence electrons. The van der Waals surface area contributed by atoms with Gasteiger partial charge in [0, 0.05) is 11.1 Å². The number of unbranched alkanes of at least 4 members (excludes halogenated alkanes) is 1. The number of fused-ring (bicyclic) bond motifs is 1. The number of nitrogens with zero attached hydrogens (tertiary/aromatic N) is 1. The molecule has 1 aromatic carbocycles. The Labute approximate surface area is 106 Å². The van der Waals surface area contributed by atoms with Gasteiger partial charge in [-0.3, -0.25) is 0 Å². The molecule has 2 N–H and O–H groups in total. The number of rotatable bonds is 4.